The number of benzene rings is 1. The number of anilines is 1. The molecule has 2 radical (unpaired) electrons. The van der Waals surface area contributed by atoms with Gasteiger partial charge in [-0.05, 0) is 0 Å². The number of halogens is 1. The first-order valence-electron chi connectivity index (χ1n) is 9.03. The molecule has 1 aromatic rings. The van der Waals surface area contributed by atoms with Crippen molar-refractivity contribution in [2.75, 3.05) is 33.2 Å². The summed E-state index contributed by atoms with van der Waals surface area (Å²) in [5.41, 5.74) is -1.09. The van der Waals surface area contributed by atoms with Gasteiger partial charge in [0.05, 0.1) is 0 Å². The van der Waals surface area contributed by atoms with Gasteiger partial charge in [0.25, 0.3) is 0 Å². The Morgan fingerprint density at radius 2 is 1.79 bits per heavy atom. The number of methoxy groups -OCH3 is 2. The first kappa shape index (κ1) is 19.5. The Morgan fingerprint density at radius 1 is 1.17 bits per heavy atom. The second kappa shape index (κ2) is 5.43. The van der Waals surface area contributed by atoms with Gasteiger partial charge < -0.3 is 0 Å². The molecule has 11 heteroatoms. The van der Waals surface area contributed by atoms with E-state index in [2.05, 4.69) is 0 Å². The summed E-state index contributed by atoms with van der Waals surface area (Å²) >= 11 is 4.54. The summed E-state index contributed by atoms with van der Waals surface area (Å²) in [6.07, 6.45) is -2.41. The molecule has 29 heavy (non-hydrogen) atoms. The van der Waals surface area contributed by atoms with Crippen LogP contribution in [0.15, 0.2) is 6.07 Å². The van der Waals surface area contributed by atoms with Crippen molar-refractivity contribution in [3.8, 4) is 11.5 Å². The van der Waals surface area contributed by atoms with Crippen molar-refractivity contribution >= 4 is 50.2 Å². The molecule has 1 unspecified atom stereocenters. The van der Waals surface area contributed by atoms with Crippen LogP contribution in [0.25, 0.3) is 0 Å². The van der Waals surface area contributed by atoms with Crippen LogP contribution in [0.2, 0.25) is 5.02 Å². The summed E-state index contributed by atoms with van der Waals surface area (Å²) in [7, 11) is 6.20. The molecule has 5 atom stereocenters. The van der Waals surface area contributed by atoms with E-state index in [4.69, 9.17) is 21.1 Å². The maximum atomic E-state index is 13.4. The average Bonchev–Trinajstić information content (AvgIpc) is 3.21. The minimum atomic E-state index is -1.88. The third-order valence-corrected chi connectivity index (χ3v) is 13.3. The van der Waals surface area contributed by atoms with Crippen molar-refractivity contribution in [3.05, 3.63) is 16.7 Å². The fourth-order valence-corrected chi connectivity index (χ4v) is 12.1. The standard InChI is InChI=1S/C18H20ClN3O6.Sn/c1-7-15(24)22-11(16(25)20(7)2)14(23)18(26)8-6-9(19)12(27-4)13(28-5)10(8)21(3)17(18)22;/h6,14,17,23,26H,1-5H3;/t14-,17+,18+;/m0./s1. The van der Waals surface area contributed by atoms with Gasteiger partial charge in [0.1, 0.15) is 0 Å². The van der Waals surface area contributed by atoms with Gasteiger partial charge in [-0.2, -0.15) is 0 Å². The number of piperazine rings is 1. The third-order valence-electron chi connectivity index (χ3n) is 6.93. The quantitative estimate of drug-likeness (QED) is 0.481. The molecule has 154 valence electrons. The predicted molar refractivity (Wildman–Crippen MR) is 103 cm³/mol. The van der Waals surface area contributed by atoms with Gasteiger partial charge in [0.2, 0.25) is 0 Å². The van der Waals surface area contributed by atoms with Gasteiger partial charge in [0.15, 0.2) is 0 Å². The summed E-state index contributed by atoms with van der Waals surface area (Å²) < 4.78 is 8.64. The SMILES string of the molecule is COc1c(Cl)cc2c(c1OC)N(C)[C@@H]1N3C(=O)[C]4(C)[Sn][C@@]3(C(=O)N4C)[C@H](O)[C@]21O. The molecule has 3 fully saturated rings. The molecule has 1 aromatic carbocycles. The first-order chi connectivity index (χ1) is 13.5. The first-order valence-corrected chi connectivity index (χ1v) is 12.3. The number of carbonyl (C=O) groups is 2. The van der Waals surface area contributed by atoms with Crippen LogP contribution in [-0.4, -0.2) is 101 Å². The van der Waals surface area contributed by atoms with Crippen molar-refractivity contribution in [1.29, 1.82) is 0 Å². The van der Waals surface area contributed by atoms with E-state index in [1.807, 2.05) is 0 Å². The Balaban J connectivity index is 1.80. The van der Waals surface area contributed by atoms with Crippen molar-refractivity contribution in [1.82, 2.24) is 9.80 Å². The number of amides is 2. The second-order valence-corrected chi connectivity index (χ2v) is 14.1. The molecule has 5 rings (SSSR count). The fraction of sp³-hybridized carbons (Fsp3) is 0.556. The summed E-state index contributed by atoms with van der Waals surface area (Å²) in [4.78, 5) is 31.2. The van der Waals surface area contributed by atoms with Crippen LogP contribution in [0.5, 0.6) is 11.5 Å². The molecule has 0 aliphatic carbocycles. The third kappa shape index (κ3) is 1.72. The zero-order valence-electron chi connectivity index (χ0n) is 16.5. The summed E-state index contributed by atoms with van der Waals surface area (Å²) in [5, 5.41) is 23.6. The Morgan fingerprint density at radius 3 is 2.38 bits per heavy atom. The van der Waals surface area contributed by atoms with E-state index in [-0.39, 0.29) is 16.8 Å². The van der Waals surface area contributed by atoms with E-state index >= 15 is 0 Å². The van der Waals surface area contributed by atoms with Crippen LogP contribution >= 0.6 is 11.6 Å². The Hall–Kier alpha value is -1.43. The van der Waals surface area contributed by atoms with Gasteiger partial charge in [-0.25, -0.2) is 0 Å². The number of carbonyl (C=O) groups excluding carboxylic acids is 2. The van der Waals surface area contributed by atoms with E-state index in [9.17, 15) is 19.8 Å². The molecule has 0 aromatic heterocycles. The number of hydrogen-bond acceptors (Lipinski definition) is 7. The predicted octanol–water partition coefficient (Wildman–Crippen LogP) is -0.874. The molecule has 0 saturated carbocycles. The topological polar surface area (TPSA) is 103 Å². The van der Waals surface area contributed by atoms with Crippen LogP contribution in [0.1, 0.15) is 12.5 Å². The van der Waals surface area contributed by atoms with Crippen LogP contribution in [0, 0.1) is 0 Å². The molecule has 2 N–H and O–H groups in total. The van der Waals surface area contributed by atoms with Crippen molar-refractivity contribution in [2.45, 2.75) is 31.9 Å². The molecule has 4 aliphatic heterocycles. The number of aliphatic hydroxyl groups excluding tert-OH is 1. The second-order valence-electron chi connectivity index (χ2n) is 8.04. The van der Waals surface area contributed by atoms with Gasteiger partial charge in [-0.1, -0.05) is 0 Å². The van der Waals surface area contributed by atoms with Crippen LogP contribution < -0.4 is 14.4 Å². The Kier molecular flexibility index (Phi) is 3.65. The van der Waals surface area contributed by atoms with Crippen molar-refractivity contribution < 1.29 is 29.3 Å². The minimum absolute atomic E-state index is 0.202. The summed E-state index contributed by atoms with van der Waals surface area (Å²) in [6, 6.07) is 1.52. The van der Waals surface area contributed by atoms with Crippen LogP contribution in [0.4, 0.5) is 5.69 Å². The van der Waals surface area contributed by atoms with E-state index in [0.29, 0.717) is 22.7 Å². The zero-order chi connectivity index (χ0) is 21.3. The Bertz CT molecular complexity index is 1010. The molecule has 2 amide bonds. The number of aliphatic hydroxyl groups is 2. The Labute approximate surface area is 182 Å². The molecule has 4 heterocycles. The number of likely N-dealkylation sites (N-methyl/N-ethyl adjacent to an activating group) is 2. The number of nitrogens with zero attached hydrogens (tertiary/aromatic N) is 3. The molecule has 2 bridgehead atoms. The van der Waals surface area contributed by atoms with E-state index in [0.717, 1.165) is 0 Å². The van der Waals surface area contributed by atoms with Crippen LogP contribution in [0.3, 0.4) is 0 Å². The number of rotatable bonds is 2. The zero-order valence-corrected chi connectivity index (χ0v) is 20.1. The average molecular weight is 529 g/mol. The van der Waals surface area contributed by atoms with Gasteiger partial charge in [-0.3, -0.25) is 0 Å². The van der Waals surface area contributed by atoms with Crippen molar-refractivity contribution in [3.63, 3.8) is 0 Å². The van der Waals surface area contributed by atoms with E-state index < -0.39 is 46.1 Å². The van der Waals surface area contributed by atoms with Gasteiger partial charge in [0, 0.05) is 0 Å². The van der Waals surface area contributed by atoms with Gasteiger partial charge in [-0.15, -0.1) is 0 Å². The number of hydrogen-bond donors (Lipinski definition) is 2. The molecule has 4 aliphatic rings. The molecule has 3 saturated heterocycles. The van der Waals surface area contributed by atoms with Crippen LogP contribution in [-0.2, 0) is 15.2 Å². The molecule has 1 spiro atoms. The fourth-order valence-electron chi connectivity index (χ4n) is 5.51. The maximum absolute atomic E-state index is 13.4. The number of ether oxygens (including phenoxy) is 2. The summed E-state index contributed by atoms with van der Waals surface area (Å²) in [6.45, 7) is 1.76. The monoisotopic (exact) mass is 529 g/mol. The van der Waals surface area contributed by atoms with Gasteiger partial charge >= 0.3 is 183 Å². The summed E-state index contributed by atoms with van der Waals surface area (Å²) in [5.74, 6) is 0.0555. The van der Waals surface area contributed by atoms with E-state index in [1.165, 1.54) is 30.1 Å². The molecular weight excluding hydrogens is 508 g/mol. The number of fused-ring (bicyclic) bond motifs is 5. The molecular formula is C18H20ClN3O6Sn. The van der Waals surface area contributed by atoms with E-state index in [1.54, 1.807) is 25.9 Å². The normalized spacial score (nSPS) is 39.2. The molecule has 9 nitrogen and oxygen atoms in total. The van der Waals surface area contributed by atoms with Crippen molar-refractivity contribution in [2.24, 2.45) is 0 Å².